The number of imidazole rings is 1. The molecular formula is C17H26N4. The summed E-state index contributed by atoms with van der Waals surface area (Å²) in [6.07, 6.45) is 2.58. The van der Waals surface area contributed by atoms with E-state index in [1.807, 2.05) is 6.07 Å². The van der Waals surface area contributed by atoms with E-state index >= 15 is 0 Å². The molecule has 21 heavy (non-hydrogen) atoms. The molecule has 1 aromatic carbocycles. The molecule has 0 saturated carbocycles. The third-order valence-corrected chi connectivity index (χ3v) is 4.18. The summed E-state index contributed by atoms with van der Waals surface area (Å²) in [6.45, 7) is 8.96. The van der Waals surface area contributed by atoms with Crippen LogP contribution in [0.2, 0.25) is 0 Å². The quantitative estimate of drug-likeness (QED) is 0.888. The summed E-state index contributed by atoms with van der Waals surface area (Å²) >= 11 is 0. The molecule has 1 aliphatic rings. The molecule has 1 saturated heterocycles. The van der Waals surface area contributed by atoms with Crippen molar-refractivity contribution in [1.82, 2.24) is 15.3 Å². The Kier molecular flexibility index (Phi) is 4.44. The SMILES string of the molecule is CC(C)CNCC1CCCN(c2nc3ccccc3[nH]2)C1. The van der Waals surface area contributed by atoms with Crippen molar-refractivity contribution in [3.05, 3.63) is 24.3 Å². The van der Waals surface area contributed by atoms with Crippen LogP contribution in [-0.4, -0.2) is 36.1 Å². The summed E-state index contributed by atoms with van der Waals surface area (Å²) in [5.74, 6) is 2.48. The van der Waals surface area contributed by atoms with E-state index in [-0.39, 0.29) is 0 Å². The fourth-order valence-electron chi connectivity index (χ4n) is 3.09. The molecular weight excluding hydrogens is 260 g/mol. The molecule has 0 aliphatic carbocycles. The van der Waals surface area contributed by atoms with Crippen LogP contribution in [0.15, 0.2) is 24.3 Å². The van der Waals surface area contributed by atoms with E-state index in [4.69, 9.17) is 4.98 Å². The van der Waals surface area contributed by atoms with Gasteiger partial charge in [-0.3, -0.25) is 0 Å². The van der Waals surface area contributed by atoms with E-state index in [1.54, 1.807) is 0 Å². The van der Waals surface area contributed by atoms with Gasteiger partial charge in [-0.05, 0) is 49.9 Å². The maximum Gasteiger partial charge on any atom is 0.203 e. The largest absolute Gasteiger partial charge is 0.342 e. The first-order chi connectivity index (χ1) is 10.2. The zero-order valence-electron chi connectivity index (χ0n) is 13.1. The van der Waals surface area contributed by atoms with E-state index in [9.17, 15) is 0 Å². The number of hydrogen-bond acceptors (Lipinski definition) is 3. The standard InChI is InChI=1S/C17H26N4/c1-13(2)10-18-11-14-6-5-9-21(12-14)17-19-15-7-3-4-8-16(15)20-17/h3-4,7-8,13-14,18H,5-6,9-12H2,1-2H3,(H,19,20). The van der Waals surface area contributed by atoms with Gasteiger partial charge in [-0.1, -0.05) is 26.0 Å². The molecule has 0 radical (unpaired) electrons. The molecule has 1 aromatic heterocycles. The minimum atomic E-state index is 0.722. The molecule has 4 heteroatoms. The van der Waals surface area contributed by atoms with Crippen LogP contribution in [0.5, 0.6) is 0 Å². The molecule has 2 aromatic rings. The zero-order valence-corrected chi connectivity index (χ0v) is 13.1. The smallest absolute Gasteiger partial charge is 0.203 e. The number of fused-ring (bicyclic) bond motifs is 1. The maximum absolute atomic E-state index is 4.73. The van der Waals surface area contributed by atoms with E-state index < -0.39 is 0 Å². The van der Waals surface area contributed by atoms with Gasteiger partial charge < -0.3 is 15.2 Å². The fraction of sp³-hybridized carbons (Fsp3) is 0.588. The van der Waals surface area contributed by atoms with Gasteiger partial charge in [0.15, 0.2) is 0 Å². The highest BCUT2D eigenvalue weighted by molar-refractivity contribution is 5.77. The highest BCUT2D eigenvalue weighted by Gasteiger charge is 2.21. The van der Waals surface area contributed by atoms with Crippen molar-refractivity contribution in [2.45, 2.75) is 26.7 Å². The molecule has 0 spiro atoms. The summed E-state index contributed by atoms with van der Waals surface area (Å²) in [5, 5.41) is 3.60. The van der Waals surface area contributed by atoms with Gasteiger partial charge in [0.1, 0.15) is 0 Å². The van der Waals surface area contributed by atoms with Gasteiger partial charge in [-0.25, -0.2) is 4.98 Å². The number of para-hydroxylation sites is 2. The predicted octanol–water partition coefficient (Wildman–Crippen LogP) is 3.02. The molecule has 1 atom stereocenters. The summed E-state index contributed by atoms with van der Waals surface area (Å²) in [7, 11) is 0. The highest BCUT2D eigenvalue weighted by Crippen LogP contribution is 2.23. The van der Waals surface area contributed by atoms with Crippen molar-refractivity contribution in [3.63, 3.8) is 0 Å². The molecule has 114 valence electrons. The minimum Gasteiger partial charge on any atom is -0.342 e. The number of piperidine rings is 1. The maximum atomic E-state index is 4.73. The van der Waals surface area contributed by atoms with Crippen LogP contribution < -0.4 is 10.2 Å². The van der Waals surface area contributed by atoms with Gasteiger partial charge in [-0.2, -0.15) is 0 Å². The highest BCUT2D eigenvalue weighted by atomic mass is 15.3. The average Bonchev–Trinajstić information content (AvgIpc) is 2.91. The van der Waals surface area contributed by atoms with Crippen molar-refractivity contribution < 1.29 is 0 Å². The number of aromatic amines is 1. The lowest BCUT2D eigenvalue weighted by Gasteiger charge is -2.32. The summed E-state index contributed by atoms with van der Waals surface area (Å²) < 4.78 is 0. The monoisotopic (exact) mass is 286 g/mol. The van der Waals surface area contributed by atoms with Crippen molar-refractivity contribution >= 4 is 17.0 Å². The van der Waals surface area contributed by atoms with Crippen LogP contribution in [0.4, 0.5) is 5.95 Å². The summed E-state index contributed by atoms with van der Waals surface area (Å²) in [6, 6.07) is 8.26. The molecule has 2 N–H and O–H groups in total. The topological polar surface area (TPSA) is 44.0 Å². The minimum absolute atomic E-state index is 0.722. The van der Waals surface area contributed by atoms with E-state index in [0.29, 0.717) is 0 Å². The lowest BCUT2D eigenvalue weighted by atomic mass is 9.98. The second-order valence-corrected chi connectivity index (χ2v) is 6.58. The first-order valence-corrected chi connectivity index (χ1v) is 8.13. The first kappa shape index (κ1) is 14.4. The van der Waals surface area contributed by atoms with Crippen LogP contribution in [0.25, 0.3) is 11.0 Å². The molecule has 3 rings (SSSR count). The Hall–Kier alpha value is -1.55. The number of H-pyrrole nitrogens is 1. The second-order valence-electron chi connectivity index (χ2n) is 6.58. The Morgan fingerprint density at radius 2 is 2.24 bits per heavy atom. The van der Waals surface area contributed by atoms with Gasteiger partial charge in [0.05, 0.1) is 11.0 Å². The molecule has 1 unspecified atom stereocenters. The number of nitrogens with zero attached hydrogens (tertiary/aromatic N) is 2. The molecule has 4 nitrogen and oxygen atoms in total. The summed E-state index contributed by atoms with van der Waals surface area (Å²) in [4.78, 5) is 10.6. The number of anilines is 1. The van der Waals surface area contributed by atoms with Gasteiger partial charge >= 0.3 is 0 Å². The van der Waals surface area contributed by atoms with Gasteiger partial charge in [0, 0.05) is 13.1 Å². The Morgan fingerprint density at radius 3 is 3.05 bits per heavy atom. The third kappa shape index (κ3) is 3.56. The number of benzene rings is 1. The van der Waals surface area contributed by atoms with Gasteiger partial charge in [0.25, 0.3) is 0 Å². The van der Waals surface area contributed by atoms with Gasteiger partial charge in [-0.15, -0.1) is 0 Å². The number of nitrogens with one attached hydrogen (secondary N) is 2. The average molecular weight is 286 g/mol. The fourth-order valence-corrected chi connectivity index (χ4v) is 3.09. The van der Waals surface area contributed by atoms with Crippen LogP contribution >= 0.6 is 0 Å². The van der Waals surface area contributed by atoms with Crippen molar-refractivity contribution in [3.8, 4) is 0 Å². The number of hydrogen-bond donors (Lipinski definition) is 2. The molecule has 1 fully saturated rings. The van der Waals surface area contributed by atoms with E-state index in [0.717, 1.165) is 55.0 Å². The Balaban J connectivity index is 1.62. The molecule has 0 amide bonds. The second kappa shape index (κ2) is 6.48. The molecule has 0 bridgehead atoms. The van der Waals surface area contributed by atoms with Gasteiger partial charge in [0.2, 0.25) is 5.95 Å². The third-order valence-electron chi connectivity index (χ3n) is 4.18. The Labute approximate surface area is 126 Å². The molecule has 1 aliphatic heterocycles. The normalized spacial score (nSPS) is 19.6. The predicted molar refractivity (Wildman–Crippen MR) is 88.7 cm³/mol. The lowest BCUT2D eigenvalue weighted by molar-refractivity contribution is 0.380. The van der Waals surface area contributed by atoms with Crippen LogP contribution in [0.3, 0.4) is 0 Å². The van der Waals surface area contributed by atoms with Crippen molar-refractivity contribution in [2.24, 2.45) is 11.8 Å². The molecule has 2 heterocycles. The van der Waals surface area contributed by atoms with E-state index in [1.165, 1.54) is 12.8 Å². The van der Waals surface area contributed by atoms with Crippen LogP contribution in [0, 0.1) is 11.8 Å². The van der Waals surface area contributed by atoms with Crippen molar-refractivity contribution in [2.75, 3.05) is 31.1 Å². The number of aromatic nitrogens is 2. The van der Waals surface area contributed by atoms with Crippen molar-refractivity contribution in [1.29, 1.82) is 0 Å². The summed E-state index contributed by atoms with van der Waals surface area (Å²) in [5.41, 5.74) is 2.19. The lowest BCUT2D eigenvalue weighted by Crippen LogP contribution is -2.40. The number of rotatable bonds is 5. The Morgan fingerprint density at radius 1 is 1.38 bits per heavy atom. The Bertz CT molecular complexity index is 542. The van der Waals surface area contributed by atoms with E-state index in [2.05, 4.69) is 47.2 Å². The van der Waals surface area contributed by atoms with Crippen LogP contribution in [-0.2, 0) is 0 Å². The zero-order chi connectivity index (χ0) is 14.7. The first-order valence-electron chi connectivity index (χ1n) is 8.13. The van der Waals surface area contributed by atoms with Crippen LogP contribution in [0.1, 0.15) is 26.7 Å².